The maximum absolute atomic E-state index is 3.79. The lowest BCUT2D eigenvalue weighted by atomic mass is 10.0. The Morgan fingerprint density at radius 3 is 2.48 bits per heavy atom. The minimum Gasteiger partial charge on any atom is -0.378 e. The second kappa shape index (κ2) is 7.37. The molecule has 0 saturated carbocycles. The molecular weight excluding hydrogens is 274 g/mol. The molecule has 0 bridgehead atoms. The van der Waals surface area contributed by atoms with Gasteiger partial charge in [-0.1, -0.05) is 47.5 Å². The number of nitrogens with one attached hydrogen (secondary N) is 1. The summed E-state index contributed by atoms with van der Waals surface area (Å²) in [7, 11) is 0. The fourth-order valence-electron chi connectivity index (χ4n) is 2.44. The average molecular weight is 297 g/mol. The zero-order chi connectivity index (χ0) is 15.2. The largest absolute Gasteiger partial charge is 0.378 e. The zero-order valence-electron chi connectivity index (χ0n) is 13.0. The van der Waals surface area contributed by atoms with E-state index in [0.29, 0.717) is 0 Å². The standard InChI is InChI=1S/C19H23NS/c1-5-10-21-19-9-7-6-8-18(19)20-16(4)17-12-14(2)11-15(3)13-17/h5-9,11-13,16,20H,1,10H2,2-4H3. The first kappa shape index (κ1) is 15.7. The minimum absolute atomic E-state index is 0.286. The molecular formula is C19H23NS. The van der Waals surface area contributed by atoms with E-state index in [4.69, 9.17) is 0 Å². The average Bonchev–Trinajstić information content (AvgIpc) is 2.45. The predicted octanol–water partition coefficient (Wildman–Crippen LogP) is 5.75. The molecule has 0 aliphatic carbocycles. The van der Waals surface area contributed by atoms with Gasteiger partial charge in [-0.25, -0.2) is 0 Å². The fraction of sp³-hybridized carbons (Fsp3) is 0.263. The lowest BCUT2D eigenvalue weighted by Gasteiger charge is -2.19. The Kier molecular flexibility index (Phi) is 5.51. The Morgan fingerprint density at radius 2 is 1.81 bits per heavy atom. The van der Waals surface area contributed by atoms with E-state index in [9.17, 15) is 0 Å². The minimum atomic E-state index is 0.286. The van der Waals surface area contributed by atoms with Gasteiger partial charge in [-0.15, -0.1) is 18.3 Å². The van der Waals surface area contributed by atoms with Gasteiger partial charge in [0.05, 0.1) is 0 Å². The van der Waals surface area contributed by atoms with Gasteiger partial charge in [-0.2, -0.15) is 0 Å². The van der Waals surface area contributed by atoms with Crippen molar-refractivity contribution in [3.63, 3.8) is 0 Å². The van der Waals surface area contributed by atoms with E-state index in [1.165, 1.54) is 27.3 Å². The quantitative estimate of drug-likeness (QED) is 0.538. The van der Waals surface area contributed by atoms with Crippen molar-refractivity contribution < 1.29 is 0 Å². The van der Waals surface area contributed by atoms with Crippen molar-refractivity contribution in [2.24, 2.45) is 0 Å². The molecule has 0 amide bonds. The molecule has 2 heteroatoms. The highest BCUT2D eigenvalue weighted by atomic mass is 32.2. The predicted molar refractivity (Wildman–Crippen MR) is 95.3 cm³/mol. The second-order valence-electron chi connectivity index (χ2n) is 5.38. The maximum atomic E-state index is 3.79. The Hall–Kier alpha value is -1.67. The monoisotopic (exact) mass is 297 g/mol. The molecule has 2 rings (SSSR count). The third kappa shape index (κ3) is 4.40. The van der Waals surface area contributed by atoms with Gasteiger partial charge in [-0.3, -0.25) is 0 Å². The summed E-state index contributed by atoms with van der Waals surface area (Å²) < 4.78 is 0. The Bertz CT molecular complexity index is 598. The van der Waals surface area contributed by atoms with Crippen LogP contribution in [0.1, 0.15) is 29.7 Å². The number of benzene rings is 2. The first-order valence-corrected chi connectivity index (χ1v) is 8.26. The SMILES string of the molecule is C=CCSc1ccccc1NC(C)c1cc(C)cc(C)c1. The van der Waals surface area contributed by atoms with Crippen molar-refractivity contribution in [1.29, 1.82) is 0 Å². The molecule has 1 nitrogen and oxygen atoms in total. The van der Waals surface area contributed by atoms with E-state index < -0.39 is 0 Å². The van der Waals surface area contributed by atoms with Crippen molar-refractivity contribution in [3.8, 4) is 0 Å². The summed E-state index contributed by atoms with van der Waals surface area (Å²) in [5.41, 5.74) is 5.15. The first-order chi connectivity index (χ1) is 10.1. The van der Waals surface area contributed by atoms with Crippen LogP contribution in [0.5, 0.6) is 0 Å². The number of hydrogen-bond donors (Lipinski definition) is 1. The maximum Gasteiger partial charge on any atom is 0.0486 e. The molecule has 0 heterocycles. The number of anilines is 1. The molecule has 0 aromatic heterocycles. The topological polar surface area (TPSA) is 12.0 Å². The Balaban J connectivity index is 2.18. The molecule has 2 aromatic rings. The van der Waals surface area contributed by atoms with E-state index in [1.807, 2.05) is 17.8 Å². The summed E-state index contributed by atoms with van der Waals surface area (Å²) in [6.45, 7) is 10.3. The van der Waals surface area contributed by atoms with E-state index in [1.54, 1.807) is 0 Å². The van der Waals surface area contributed by atoms with Crippen molar-refractivity contribution in [2.75, 3.05) is 11.1 Å². The second-order valence-corrected chi connectivity index (χ2v) is 6.44. The van der Waals surface area contributed by atoms with Gasteiger partial charge in [0, 0.05) is 22.4 Å². The van der Waals surface area contributed by atoms with Gasteiger partial charge in [0.25, 0.3) is 0 Å². The smallest absolute Gasteiger partial charge is 0.0486 e. The van der Waals surface area contributed by atoms with Gasteiger partial charge in [-0.05, 0) is 38.5 Å². The number of hydrogen-bond acceptors (Lipinski definition) is 2. The summed E-state index contributed by atoms with van der Waals surface area (Å²) in [6.07, 6.45) is 1.94. The molecule has 1 unspecified atom stereocenters. The van der Waals surface area contributed by atoms with Gasteiger partial charge < -0.3 is 5.32 Å². The molecule has 2 aromatic carbocycles. The van der Waals surface area contributed by atoms with Crippen LogP contribution in [0.3, 0.4) is 0 Å². The fourth-order valence-corrected chi connectivity index (χ4v) is 3.19. The molecule has 0 spiro atoms. The van der Waals surface area contributed by atoms with E-state index >= 15 is 0 Å². The van der Waals surface area contributed by atoms with Gasteiger partial charge in [0.15, 0.2) is 0 Å². The molecule has 1 atom stereocenters. The molecule has 110 valence electrons. The molecule has 0 aliphatic heterocycles. The molecule has 0 fully saturated rings. The van der Waals surface area contributed by atoms with Crippen LogP contribution in [0.25, 0.3) is 0 Å². The summed E-state index contributed by atoms with van der Waals surface area (Å²) in [6, 6.07) is 15.5. The molecule has 0 saturated heterocycles. The molecule has 0 aliphatic rings. The Morgan fingerprint density at radius 1 is 1.14 bits per heavy atom. The van der Waals surface area contributed by atoms with Crippen LogP contribution >= 0.6 is 11.8 Å². The highest BCUT2D eigenvalue weighted by Crippen LogP contribution is 2.30. The van der Waals surface area contributed by atoms with Crippen LogP contribution in [-0.2, 0) is 0 Å². The van der Waals surface area contributed by atoms with Crippen molar-refractivity contribution >= 4 is 17.4 Å². The lowest BCUT2D eigenvalue weighted by Crippen LogP contribution is -2.08. The van der Waals surface area contributed by atoms with Gasteiger partial charge in [0.1, 0.15) is 0 Å². The Labute approximate surface area is 132 Å². The number of aryl methyl sites for hydroxylation is 2. The zero-order valence-corrected chi connectivity index (χ0v) is 13.8. The summed E-state index contributed by atoms with van der Waals surface area (Å²) in [5.74, 6) is 0.927. The molecule has 1 N–H and O–H groups in total. The van der Waals surface area contributed by atoms with Crippen LogP contribution in [0.15, 0.2) is 60.0 Å². The van der Waals surface area contributed by atoms with E-state index in [-0.39, 0.29) is 6.04 Å². The first-order valence-electron chi connectivity index (χ1n) is 7.27. The highest BCUT2D eigenvalue weighted by molar-refractivity contribution is 7.99. The van der Waals surface area contributed by atoms with Crippen molar-refractivity contribution in [3.05, 3.63) is 71.8 Å². The lowest BCUT2D eigenvalue weighted by molar-refractivity contribution is 0.875. The van der Waals surface area contributed by atoms with Crippen LogP contribution < -0.4 is 5.32 Å². The molecule has 0 radical (unpaired) electrons. The third-order valence-electron chi connectivity index (χ3n) is 3.36. The van der Waals surface area contributed by atoms with Crippen LogP contribution in [0.2, 0.25) is 0 Å². The van der Waals surface area contributed by atoms with E-state index in [2.05, 4.69) is 75.1 Å². The van der Waals surface area contributed by atoms with Gasteiger partial charge >= 0.3 is 0 Å². The normalized spacial score (nSPS) is 12.0. The summed E-state index contributed by atoms with van der Waals surface area (Å²) in [5, 5.41) is 3.63. The van der Waals surface area contributed by atoms with Crippen LogP contribution in [0.4, 0.5) is 5.69 Å². The number of para-hydroxylation sites is 1. The third-order valence-corrected chi connectivity index (χ3v) is 4.43. The highest BCUT2D eigenvalue weighted by Gasteiger charge is 2.09. The molecule has 21 heavy (non-hydrogen) atoms. The van der Waals surface area contributed by atoms with Crippen molar-refractivity contribution in [1.82, 2.24) is 0 Å². The van der Waals surface area contributed by atoms with Gasteiger partial charge in [0.2, 0.25) is 0 Å². The van der Waals surface area contributed by atoms with E-state index in [0.717, 1.165) is 5.75 Å². The summed E-state index contributed by atoms with van der Waals surface area (Å²) in [4.78, 5) is 1.27. The van der Waals surface area contributed by atoms with Crippen LogP contribution in [0, 0.1) is 13.8 Å². The van der Waals surface area contributed by atoms with Crippen molar-refractivity contribution in [2.45, 2.75) is 31.7 Å². The number of thioether (sulfide) groups is 1. The summed E-state index contributed by atoms with van der Waals surface area (Å²) >= 11 is 1.81. The van der Waals surface area contributed by atoms with Crippen LogP contribution in [-0.4, -0.2) is 5.75 Å². The number of rotatable bonds is 6.